The summed E-state index contributed by atoms with van der Waals surface area (Å²) >= 11 is 14.6. The van der Waals surface area contributed by atoms with Crippen molar-refractivity contribution >= 4 is 68.1 Å². The number of aromatic nitrogens is 1. The van der Waals surface area contributed by atoms with Crippen LogP contribution in [0.4, 0.5) is 5.69 Å². The molecule has 2 aromatic carbocycles. The molecule has 2 atom stereocenters. The molecule has 0 unspecified atom stereocenters. The standard InChI is InChI=1S/C30H29Cl2N3O6S/c1-3-40-24-10-11-35(28(24)30-33-15-18(41-30)8-9-27(37)39-2)26(36)13-17-12-22(32)23(14-21(17)31)34-29(38)20-16-42-25-7-5-4-6-19(20)25/h4-7,12,14-16,24,28H,3,8-11,13H2,1-2H3,(H,34,38)/t24-,28-/m0/s1. The van der Waals surface area contributed by atoms with Gasteiger partial charge in [0.15, 0.2) is 0 Å². The molecule has 9 nitrogen and oxygen atoms in total. The van der Waals surface area contributed by atoms with Crippen LogP contribution in [0.15, 0.2) is 52.4 Å². The second-order valence-corrected chi connectivity index (χ2v) is 11.5. The molecule has 0 spiro atoms. The van der Waals surface area contributed by atoms with Gasteiger partial charge in [0.1, 0.15) is 11.8 Å². The first-order chi connectivity index (χ1) is 20.3. The SMILES string of the molecule is CCO[C@H]1CCN(C(=O)Cc2cc(Cl)c(NC(=O)c3csc4ccccc34)cc2Cl)[C@@H]1c1ncc(CCC(=O)OC)o1. The number of methoxy groups -OCH3 is 1. The van der Waals surface area contributed by atoms with Gasteiger partial charge in [-0.2, -0.15) is 0 Å². The van der Waals surface area contributed by atoms with E-state index in [-0.39, 0.29) is 41.8 Å². The minimum Gasteiger partial charge on any atom is -0.469 e. The van der Waals surface area contributed by atoms with E-state index >= 15 is 0 Å². The van der Waals surface area contributed by atoms with Crippen LogP contribution >= 0.6 is 34.5 Å². The number of oxazole rings is 1. The van der Waals surface area contributed by atoms with Gasteiger partial charge in [-0.05, 0) is 37.1 Å². The van der Waals surface area contributed by atoms with Crippen molar-refractivity contribution < 1.29 is 28.3 Å². The molecule has 2 amide bonds. The highest BCUT2D eigenvalue weighted by Gasteiger charge is 2.41. The van der Waals surface area contributed by atoms with Crippen molar-refractivity contribution in [1.29, 1.82) is 0 Å². The van der Waals surface area contributed by atoms with E-state index in [0.717, 1.165) is 10.1 Å². The number of thiophene rings is 1. The average molecular weight is 631 g/mol. The Balaban J connectivity index is 1.30. The molecule has 0 bridgehead atoms. The van der Waals surface area contributed by atoms with E-state index in [2.05, 4.69) is 10.3 Å². The fourth-order valence-corrected chi connectivity index (χ4v) is 6.46. The van der Waals surface area contributed by atoms with Crippen LogP contribution < -0.4 is 5.32 Å². The van der Waals surface area contributed by atoms with Gasteiger partial charge >= 0.3 is 5.97 Å². The van der Waals surface area contributed by atoms with Gasteiger partial charge in [-0.3, -0.25) is 14.4 Å². The van der Waals surface area contributed by atoms with Crippen molar-refractivity contribution in [2.75, 3.05) is 25.6 Å². The van der Waals surface area contributed by atoms with Crippen LogP contribution in [-0.4, -0.2) is 54.0 Å². The number of carbonyl (C=O) groups is 3. The van der Waals surface area contributed by atoms with E-state index in [0.29, 0.717) is 59.5 Å². The Hall–Kier alpha value is -3.44. The van der Waals surface area contributed by atoms with E-state index in [1.54, 1.807) is 28.6 Å². The highest BCUT2D eigenvalue weighted by molar-refractivity contribution is 7.17. The number of nitrogens with zero attached hydrogens (tertiary/aromatic N) is 2. The van der Waals surface area contributed by atoms with Crippen molar-refractivity contribution in [3.63, 3.8) is 0 Å². The highest BCUT2D eigenvalue weighted by Crippen LogP contribution is 2.36. The van der Waals surface area contributed by atoms with Crippen LogP contribution in [0.1, 0.15) is 53.4 Å². The van der Waals surface area contributed by atoms with Crippen LogP contribution in [0.5, 0.6) is 0 Å². The molecule has 5 rings (SSSR count). The summed E-state index contributed by atoms with van der Waals surface area (Å²) in [5.74, 6) is 0.0260. The highest BCUT2D eigenvalue weighted by atomic mass is 35.5. The van der Waals surface area contributed by atoms with Crippen molar-refractivity contribution in [2.24, 2.45) is 0 Å². The number of rotatable bonds is 10. The number of esters is 1. The Kier molecular flexibility index (Phi) is 9.47. The van der Waals surface area contributed by atoms with Crippen LogP contribution in [0, 0.1) is 0 Å². The van der Waals surface area contributed by atoms with Crippen LogP contribution in [0.3, 0.4) is 0 Å². The molecule has 12 heteroatoms. The fraction of sp³-hybridized carbons (Fsp3) is 0.333. The van der Waals surface area contributed by atoms with E-state index in [4.69, 9.17) is 37.1 Å². The van der Waals surface area contributed by atoms with E-state index in [9.17, 15) is 14.4 Å². The number of amides is 2. The zero-order valence-electron chi connectivity index (χ0n) is 23.0. The third kappa shape index (κ3) is 6.47. The zero-order valence-corrected chi connectivity index (χ0v) is 25.4. The summed E-state index contributed by atoms with van der Waals surface area (Å²) in [7, 11) is 1.33. The molecule has 0 saturated carbocycles. The van der Waals surface area contributed by atoms with Crippen molar-refractivity contribution in [2.45, 2.75) is 44.8 Å². The summed E-state index contributed by atoms with van der Waals surface area (Å²) in [5.41, 5.74) is 1.43. The Labute approximate surface area is 256 Å². The summed E-state index contributed by atoms with van der Waals surface area (Å²) in [6, 6.07) is 10.3. The number of fused-ring (bicyclic) bond motifs is 1. The number of likely N-dealkylation sites (tertiary alicyclic amines) is 1. The van der Waals surface area contributed by atoms with Crippen LogP contribution in [0.2, 0.25) is 10.0 Å². The summed E-state index contributed by atoms with van der Waals surface area (Å²) in [6.07, 6.45) is 2.35. The normalized spacial score (nSPS) is 16.6. The first-order valence-electron chi connectivity index (χ1n) is 13.5. The lowest BCUT2D eigenvalue weighted by atomic mass is 10.1. The molecule has 0 aliphatic carbocycles. The number of aryl methyl sites for hydroxylation is 1. The maximum atomic E-state index is 13.6. The van der Waals surface area contributed by atoms with E-state index in [1.807, 2.05) is 31.2 Å². The molecule has 4 aromatic rings. The average Bonchev–Trinajstić information content (AvgIpc) is 3.72. The third-order valence-corrected chi connectivity index (χ3v) is 8.75. The molecular weight excluding hydrogens is 601 g/mol. The number of nitrogens with one attached hydrogen (secondary N) is 1. The summed E-state index contributed by atoms with van der Waals surface area (Å²) in [4.78, 5) is 44.2. The lowest BCUT2D eigenvalue weighted by Gasteiger charge is -2.26. The molecule has 1 aliphatic rings. The molecule has 1 fully saturated rings. The lowest BCUT2D eigenvalue weighted by Crippen LogP contribution is -2.35. The first-order valence-corrected chi connectivity index (χ1v) is 15.1. The zero-order chi connectivity index (χ0) is 29.8. The minimum absolute atomic E-state index is 0.0206. The van der Waals surface area contributed by atoms with Crippen LogP contribution in [0.25, 0.3) is 10.1 Å². The number of halogens is 2. The number of ether oxygens (including phenoxy) is 2. The molecule has 1 N–H and O–H groups in total. The quantitative estimate of drug-likeness (QED) is 0.200. The Morgan fingerprint density at radius 2 is 2.00 bits per heavy atom. The van der Waals surface area contributed by atoms with E-state index in [1.165, 1.54) is 18.4 Å². The molecule has 0 radical (unpaired) electrons. The maximum absolute atomic E-state index is 13.6. The molecule has 220 valence electrons. The summed E-state index contributed by atoms with van der Waals surface area (Å²) in [5, 5.41) is 6.08. The molecule has 3 heterocycles. The van der Waals surface area contributed by atoms with Crippen molar-refractivity contribution in [3.8, 4) is 0 Å². The van der Waals surface area contributed by atoms with Crippen molar-refractivity contribution in [1.82, 2.24) is 9.88 Å². The van der Waals surface area contributed by atoms with Crippen LogP contribution in [-0.2, 0) is 31.9 Å². The Morgan fingerprint density at radius 3 is 2.79 bits per heavy atom. The fourth-order valence-electron chi connectivity index (χ4n) is 5.05. The molecular formula is C30H29Cl2N3O6S. The van der Waals surface area contributed by atoms with Gasteiger partial charge in [-0.1, -0.05) is 41.4 Å². The van der Waals surface area contributed by atoms with Gasteiger partial charge < -0.3 is 24.1 Å². The largest absolute Gasteiger partial charge is 0.469 e. The van der Waals surface area contributed by atoms with Gasteiger partial charge in [0, 0.05) is 40.1 Å². The molecule has 1 aliphatic heterocycles. The van der Waals surface area contributed by atoms with E-state index < -0.39 is 6.04 Å². The molecule has 1 saturated heterocycles. The smallest absolute Gasteiger partial charge is 0.305 e. The van der Waals surface area contributed by atoms with Gasteiger partial charge in [0.05, 0.1) is 48.5 Å². The number of hydrogen-bond donors (Lipinski definition) is 1. The maximum Gasteiger partial charge on any atom is 0.305 e. The lowest BCUT2D eigenvalue weighted by molar-refractivity contribution is -0.140. The third-order valence-electron chi connectivity index (χ3n) is 7.12. The number of carbonyl (C=O) groups excluding carboxylic acids is 3. The summed E-state index contributed by atoms with van der Waals surface area (Å²) < 4.78 is 17.6. The number of hydrogen-bond acceptors (Lipinski definition) is 8. The Morgan fingerprint density at radius 1 is 1.19 bits per heavy atom. The first kappa shape index (κ1) is 30.0. The second-order valence-electron chi connectivity index (χ2n) is 9.76. The van der Waals surface area contributed by atoms with Gasteiger partial charge in [0.2, 0.25) is 11.8 Å². The molecule has 2 aromatic heterocycles. The topological polar surface area (TPSA) is 111 Å². The van der Waals surface area contributed by atoms with Gasteiger partial charge in [-0.15, -0.1) is 11.3 Å². The number of anilines is 1. The predicted molar refractivity (Wildman–Crippen MR) is 161 cm³/mol. The van der Waals surface area contributed by atoms with Gasteiger partial charge in [0.25, 0.3) is 5.91 Å². The number of benzene rings is 2. The van der Waals surface area contributed by atoms with Crippen molar-refractivity contribution in [3.05, 3.63) is 80.8 Å². The predicted octanol–water partition coefficient (Wildman–Crippen LogP) is 6.48. The van der Waals surface area contributed by atoms with Gasteiger partial charge in [-0.25, -0.2) is 4.98 Å². The Bertz CT molecular complexity index is 1620. The molecule has 42 heavy (non-hydrogen) atoms. The monoisotopic (exact) mass is 629 g/mol. The minimum atomic E-state index is -0.530. The second kappa shape index (κ2) is 13.2. The summed E-state index contributed by atoms with van der Waals surface area (Å²) in [6.45, 7) is 2.80.